The maximum Gasteiger partial charge on any atom is 0.255 e. The highest BCUT2D eigenvalue weighted by Gasteiger charge is 2.14. The molecule has 2 rings (SSSR count). The van der Waals surface area contributed by atoms with Crippen LogP contribution in [0.4, 0.5) is 18.9 Å². The molecule has 0 saturated heterocycles. The summed E-state index contributed by atoms with van der Waals surface area (Å²) in [7, 11) is 1.34. The van der Waals surface area contributed by atoms with E-state index in [1.54, 1.807) is 0 Å². The molecule has 1 amide bonds. The van der Waals surface area contributed by atoms with Crippen molar-refractivity contribution in [3.05, 3.63) is 53.3 Å². The summed E-state index contributed by atoms with van der Waals surface area (Å²) in [5, 5.41) is 11.6. The SMILES string of the molecule is COc1ccc(C(=O)Nc2cc(F)c(F)cc2F)cc1O. The van der Waals surface area contributed by atoms with Gasteiger partial charge in [-0.3, -0.25) is 4.79 Å². The monoisotopic (exact) mass is 297 g/mol. The van der Waals surface area contributed by atoms with Crippen molar-refractivity contribution in [2.24, 2.45) is 0 Å². The zero-order valence-electron chi connectivity index (χ0n) is 10.8. The Bertz CT molecular complexity index is 704. The number of nitrogens with one attached hydrogen (secondary N) is 1. The summed E-state index contributed by atoms with van der Waals surface area (Å²) in [6, 6.07) is 4.63. The van der Waals surface area contributed by atoms with E-state index in [9.17, 15) is 23.1 Å². The number of hydrogen-bond donors (Lipinski definition) is 2. The Balaban J connectivity index is 2.26. The van der Waals surface area contributed by atoms with E-state index in [1.807, 2.05) is 0 Å². The maximum atomic E-state index is 13.4. The lowest BCUT2D eigenvalue weighted by Crippen LogP contribution is -2.13. The highest BCUT2D eigenvalue weighted by Crippen LogP contribution is 2.27. The van der Waals surface area contributed by atoms with Gasteiger partial charge in [-0.2, -0.15) is 0 Å². The summed E-state index contributed by atoms with van der Waals surface area (Å²) < 4.78 is 44.0. The van der Waals surface area contributed by atoms with Crippen LogP contribution in [0.15, 0.2) is 30.3 Å². The Labute approximate surface area is 117 Å². The fourth-order valence-corrected chi connectivity index (χ4v) is 1.64. The Morgan fingerprint density at radius 1 is 1.10 bits per heavy atom. The number of amides is 1. The second-order valence-electron chi connectivity index (χ2n) is 4.09. The van der Waals surface area contributed by atoms with E-state index < -0.39 is 29.0 Å². The molecule has 0 atom stereocenters. The molecule has 0 spiro atoms. The van der Waals surface area contributed by atoms with E-state index in [4.69, 9.17) is 4.74 Å². The average Bonchev–Trinajstić information content (AvgIpc) is 2.44. The zero-order chi connectivity index (χ0) is 15.6. The summed E-state index contributed by atoms with van der Waals surface area (Å²) in [6.45, 7) is 0. The van der Waals surface area contributed by atoms with Crippen LogP contribution in [0.2, 0.25) is 0 Å². The highest BCUT2D eigenvalue weighted by molar-refractivity contribution is 6.04. The molecule has 0 aliphatic carbocycles. The second-order valence-corrected chi connectivity index (χ2v) is 4.09. The number of phenolic OH excluding ortho intramolecular Hbond substituents is 1. The molecular formula is C14H10F3NO3. The molecule has 2 aromatic carbocycles. The van der Waals surface area contributed by atoms with Crippen molar-refractivity contribution in [1.82, 2.24) is 0 Å². The van der Waals surface area contributed by atoms with Gasteiger partial charge in [0.15, 0.2) is 23.1 Å². The number of aromatic hydroxyl groups is 1. The zero-order valence-corrected chi connectivity index (χ0v) is 10.8. The normalized spacial score (nSPS) is 10.3. The molecule has 0 fully saturated rings. The standard InChI is InChI=1S/C14H10F3NO3/c1-21-13-3-2-7(4-12(13)19)14(20)18-11-6-9(16)8(15)5-10(11)17/h2-6,19H,1H3,(H,18,20). The van der Waals surface area contributed by atoms with Gasteiger partial charge in [-0.15, -0.1) is 0 Å². The molecule has 4 nitrogen and oxygen atoms in total. The fourth-order valence-electron chi connectivity index (χ4n) is 1.64. The number of carbonyl (C=O) groups excluding carboxylic acids is 1. The molecule has 0 heterocycles. The molecule has 0 bridgehead atoms. The molecule has 2 N–H and O–H groups in total. The molecule has 0 aromatic heterocycles. The molecule has 0 aliphatic heterocycles. The van der Waals surface area contributed by atoms with Gasteiger partial charge >= 0.3 is 0 Å². The van der Waals surface area contributed by atoms with Crippen molar-refractivity contribution in [2.75, 3.05) is 12.4 Å². The van der Waals surface area contributed by atoms with Gasteiger partial charge in [-0.25, -0.2) is 13.2 Å². The predicted octanol–water partition coefficient (Wildman–Crippen LogP) is 3.07. The predicted molar refractivity (Wildman–Crippen MR) is 68.9 cm³/mol. The third kappa shape index (κ3) is 3.07. The number of hydrogen-bond acceptors (Lipinski definition) is 3. The minimum absolute atomic E-state index is 0.00238. The van der Waals surface area contributed by atoms with E-state index >= 15 is 0 Å². The van der Waals surface area contributed by atoms with Gasteiger partial charge in [0.1, 0.15) is 5.82 Å². The van der Waals surface area contributed by atoms with Crippen LogP contribution >= 0.6 is 0 Å². The van der Waals surface area contributed by atoms with Gasteiger partial charge in [-0.05, 0) is 18.2 Å². The minimum atomic E-state index is -1.35. The Hall–Kier alpha value is -2.70. The second kappa shape index (κ2) is 5.74. The van der Waals surface area contributed by atoms with Crippen molar-refractivity contribution < 1.29 is 27.8 Å². The van der Waals surface area contributed by atoms with Crippen molar-refractivity contribution in [1.29, 1.82) is 0 Å². The number of methoxy groups -OCH3 is 1. The van der Waals surface area contributed by atoms with Crippen molar-refractivity contribution in [2.45, 2.75) is 0 Å². The van der Waals surface area contributed by atoms with Gasteiger partial charge in [-0.1, -0.05) is 0 Å². The molecule has 0 radical (unpaired) electrons. The number of carbonyl (C=O) groups is 1. The molecule has 21 heavy (non-hydrogen) atoms. The lowest BCUT2D eigenvalue weighted by Gasteiger charge is -2.09. The number of halogens is 3. The van der Waals surface area contributed by atoms with E-state index in [1.165, 1.54) is 19.2 Å². The number of rotatable bonds is 3. The first kappa shape index (κ1) is 14.7. The summed E-state index contributed by atoms with van der Waals surface area (Å²) in [4.78, 5) is 11.9. The van der Waals surface area contributed by atoms with E-state index in [0.717, 1.165) is 6.07 Å². The molecular weight excluding hydrogens is 287 g/mol. The van der Waals surface area contributed by atoms with Crippen LogP contribution in [0.1, 0.15) is 10.4 Å². The number of anilines is 1. The summed E-state index contributed by atoms with van der Waals surface area (Å²) >= 11 is 0. The topological polar surface area (TPSA) is 58.6 Å². The van der Waals surface area contributed by atoms with Crippen LogP contribution in [-0.4, -0.2) is 18.1 Å². The van der Waals surface area contributed by atoms with Crippen LogP contribution in [0.5, 0.6) is 11.5 Å². The molecule has 110 valence electrons. The van der Waals surface area contributed by atoms with Crippen LogP contribution in [0.25, 0.3) is 0 Å². The number of ether oxygens (including phenoxy) is 1. The third-order valence-corrected chi connectivity index (χ3v) is 2.70. The van der Waals surface area contributed by atoms with Crippen molar-refractivity contribution in [3.63, 3.8) is 0 Å². The fraction of sp³-hybridized carbons (Fsp3) is 0.0714. The van der Waals surface area contributed by atoms with Crippen molar-refractivity contribution in [3.8, 4) is 11.5 Å². The van der Waals surface area contributed by atoms with Gasteiger partial charge in [0.2, 0.25) is 0 Å². The summed E-state index contributed by atoms with van der Waals surface area (Å²) in [5.74, 6) is -4.67. The Morgan fingerprint density at radius 3 is 2.38 bits per heavy atom. The van der Waals surface area contributed by atoms with E-state index in [-0.39, 0.29) is 17.1 Å². The number of benzene rings is 2. The largest absolute Gasteiger partial charge is 0.504 e. The van der Waals surface area contributed by atoms with Gasteiger partial charge < -0.3 is 15.2 Å². The van der Waals surface area contributed by atoms with Crippen molar-refractivity contribution >= 4 is 11.6 Å². The third-order valence-electron chi connectivity index (χ3n) is 2.70. The average molecular weight is 297 g/mol. The van der Waals surface area contributed by atoms with E-state index in [2.05, 4.69) is 5.32 Å². The molecule has 7 heteroatoms. The lowest BCUT2D eigenvalue weighted by atomic mass is 10.2. The summed E-state index contributed by atoms with van der Waals surface area (Å²) in [6.07, 6.45) is 0. The highest BCUT2D eigenvalue weighted by atomic mass is 19.2. The Kier molecular flexibility index (Phi) is 4.02. The summed E-state index contributed by atoms with van der Waals surface area (Å²) in [5.41, 5.74) is -0.508. The minimum Gasteiger partial charge on any atom is -0.504 e. The maximum absolute atomic E-state index is 13.4. The first-order valence-electron chi connectivity index (χ1n) is 5.75. The van der Waals surface area contributed by atoms with Gasteiger partial charge in [0, 0.05) is 17.7 Å². The van der Waals surface area contributed by atoms with Crippen LogP contribution in [0, 0.1) is 17.5 Å². The van der Waals surface area contributed by atoms with Crippen LogP contribution < -0.4 is 10.1 Å². The first-order valence-corrected chi connectivity index (χ1v) is 5.75. The van der Waals surface area contributed by atoms with E-state index in [0.29, 0.717) is 12.1 Å². The lowest BCUT2D eigenvalue weighted by molar-refractivity contribution is 0.102. The van der Waals surface area contributed by atoms with Gasteiger partial charge in [0.05, 0.1) is 12.8 Å². The smallest absolute Gasteiger partial charge is 0.255 e. The van der Waals surface area contributed by atoms with Crippen LogP contribution in [0.3, 0.4) is 0 Å². The molecule has 0 unspecified atom stereocenters. The molecule has 0 saturated carbocycles. The first-order chi connectivity index (χ1) is 9.92. The Morgan fingerprint density at radius 2 is 1.76 bits per heavy atom. The quantitative estimate of drug-likeness (QED) is 0.856. The van der Waals surface area contributed by atoms with Gasteiger partial charge in [0.25, 0.3) is 5.91 Å². The van der Waals surface area contributed by atoms with Crippen LogP contribution in [-0.2, 0) is 0 Å². The number of phenols is 1. The molecule has 0 aliphatic rings. The molecule has 2 aromatic rings.